The van der Waals surface area contributed by atoms with Gasteiger partial charge in [-0.1, -0.05) is 18.2 Å². The Morgan fingerprint density at radius 2 is 2.26 bits per heavy atom. The van der Waals surface area contributed by atoms with Crippen LogP contribution in [0.5, 0.6) is 5.75 Å². The van der Waals surface area contributed by atoms with Gasteiger partial charge >= 0.3 is 0 Å². The number of nitrogens with one attached hydrogen (secondary N) is 1. The van der Waals surface area contributed by atoms with Gasteiger partial charge in [-0.05, 0) is 25.1 Å². The first-order valence-electron chi connectivity index (χ1n) is 6.91. The van der Waals surface area contributed by atoms with Crippen LogP contribution in [-0.4, -0.2) is 57.9 Å². The second-order valence-corrected chi connectivity index (χ2v) is 5.05. The van der Waals surface area contributed by atoms with E-state index in [9.17, 15) is 0 Å². The molecule has 1 atom stereocenters. The number of nitrogens with zero attached hydrogens (tertiary/aromatic N) is 1. The Morgan fingerprint density at radius 1 is 1.42 bits per heavy atom. The lowest BCUT2D eigenvalue weighted by Crippen LogP contribution is -2.47. The third-order valence-electron chi connectivity index (χ3n) is 3.49. The molecule has 2 rings (SSSR count). The van der Waals surface area contributed by atoms with Crippen LogP contribution in [0, 0.1) is 0 Å². The van der Waals surface area contributed by atoms with E-state index < -0.39 is 0 Å². The minimum absolute atomic E-state index is 0.455. The fraction of sp³-hybridized carbons (Fsp3) is 0.600. The molecule has 0 bridgehead atoms. The zero-order valence-corrected chi connectivity index (χ0v) is 11.9. The topological polar surface area (TPSA) is 33.7 Å². The summed E-state index contributed by atoms with van der Waals surface area (Å²) in [6, 6.07) is 8.68. The maximum atomic E-state index is 5.47. The minimum Gasteiger partial charge on any atom is -0.496 e. The lowest BCUT2D eigenvalue weighted by molar-refractivity contribution is 0.0654. The summed E-state index contributed by atoms with van der Waals surface area (Å²) in [6.07, 6.45) is 1.01. The highest BCUT2D eigenvalue weighted by molar-refractivity contribution is 5.33. The lowest BCUT2D eigenvalue weighted by atomic mass is 10.1. The number of benzene rings is 1. The van der Waals surface area contributed by atoms with Crippen LogP contribution >= 0.6 is 0 Å². The molecular weight excluding hydrogens is 240 g/mol. The highest BCUT2D eigenvalue weighted by Gasteiger charge is 2.15. The van der Waals surface area contributed by atoms with E-state index in [0.717, 1.165) is 45.0 Å². The van der Waals surface area contributed by atoms with Gasteiger partial charge in [0.2, 0.25) is 0 Å². The zero-order chi connectivity index (χ0) is 13.5. The van der Waals surface area contributed by atoms with Crippen LogP contribution in [0.1, 0.15) is 5.56 Å². The van der Waals surface area contributed by atoms with E-state index in [4.69, 9.17) is 9.47 Å². The molecule has 4 heteroatoms. The molecule has 0 aromatic heterocycles. The third-order valence-corrected chi connectivity index (χ3v) is 3.49. The van der Waals surface area contributed by atoms with Crippen molar-refractivity contribution in [2.75, 3.05) is 47.0 Å². The molecule has 19 heavy (non-hydrogen) atoms. The predicted molar refractivity (Wildman–Crippen MR) is 76.8 cm³/mol. The summed E-state index contributed by atoms with van der Waals surface area (Å²) < 4.78 is 10.8. The van der Waals surface area contributed by atoms with Crippen molar-refractivity contribution in [3.8, 4) is 5.75 Å². The number of methoxy groups -OCH3 is 1. The van der Waals surface area contributed by atoms with E-state index in [-0.39, 0.29) is 0 Å². The van der Waals surface area contributed by atoms with Crippen LogP contribution in [0.2, 0.25) is 0 Å². The molecule has 1 aliphatic heterocycles. The van der Waals surface area contributed by atoms with Crippen molar-refractivity contribution in [2.24, 2.45) is 0 Å². The van der Waals surface area contributed by atoms with Gasteiger partial charge < -0.3 is 19.7 Å². The van der Waals surface area contributed by atoms with Gasteiger partial charge in [-0.2, -0.15) is 0 Å². The average molecular weight is 264 g/mol. The largest absolute Gasteiger partial charge is 0.496 e. The van der Waals surface area contributed by atoms with Crippen molar-refractivity contribution in [3.05, 3.63) is 29.8 Å². The van der Waals surface area contributed by atoms with Crippen molar-refractivity contribution in [1.29, 1.82) is 0 Å². The Morgan fingerprint density at radius 3 is 3.00 bits per heavy atom. The van der Waals surface area contributed by atoms with Gasteiger partial charge in [0.1, 0.15) is 5.75 Å². The molecule has 1 N–H and O–H groups in total. The number of ether oxygens (including phenoxy) is 2. The fourth-order valence-electron chi connectivity index (χ4n) is 2.43. The van der Waals surface area contributed by atoms with E-state index in [1.807, 2.05) is 12.1 Å². The highest BCUT2D eigenvalue weighted by atomic mass is 16.5. The van der Waals surface area contributed by atoms with Crippen LogP contribution in [0.15, 0.2) is 24.3 Å². The Hall–Kier alpha value is -1.10. The summed E-state index contributed by atoms with van der Waals surface area (Å²) in [4.78, 5) is 2.35. The Bertz CT molecular complexity index is 378. The molecular formula is C15H24N2O2. The summed E-state index contributed by atoms with van der Waals surface area (Å²) in [6.45, 7) is 4.67. The second kappa shape index (κ2) is 7.48. The summed E-state index contributed by atoms with van der Waals surface area (Å²) in [5, 5.41) is 3.48. The third kappa shape index (κ3) is 4.49. The summed E-state index contributed by atoms with van der Waals surface area (Å²) in [5.41, 5.74) is 1.27. The standard InChI is InChI=1S/C15H24N2O2/c1-17(11-14-12-19-10-8-16-14)9-7-13-5-3-4-6-15(13)18-2/h3-6,14,16H,7-12H2,1-2H3. The molecule has 0 aliphatic carbocycles. The van der Waals surface area contributed by atoms with E-state index in [1.165, 1.54) is 5.56 Å². The second-order valence-electron chi connectivity index (χ2n) is 5.05. The molecule has 106 valence electrons. The maximum absolute atomic E-state index is 5.47. The smallest absolute Gasteiger partial charge is 0.122 e. The van der Waals surface area contributed by atoms with Crippen LogP contribution in [0.25, 0.3) is 0 Å². The van der Waals surface area contributed by atoms with Crippen LogP contribution in [0.4, 0.5) is 0 Å². The first-order valence-corrected chi connectivity index (χ1v) is 6.91. The number of hydrogen-bond acceptors (Lipinski definition) is 4. The lowest BCUT2D eigenvalue weighted by Gasteiger charge is -2.28. The van der Waals surface area contributed by atoms with Gasteiger partial charge in [0.25, 0.3) is 0 Å². The molecule has 0 amide bonds. The fourth-order valence-corrected chi connectivity index (χ4v) is 2.43. The molecule has 0 radical (unpaired) electrons. The molecule has 1 saturated heterocycles. The van der Waals surface area contributed by atoms with Gasteiger partial charge in [-0.3, -0.25) is 0 Å². The molecule has 1 heterocycles. The first-order chi connectivity index (χ1) is 9.29. The van der Waals surface area contributed by atoms with E-state index >= 15 is 0 Å². The summed E-state index contributed by atoms with van der Waals surface area (Å²) >= 11 is 0. The molecule has 0 saturated carbocycles. The van der Waals surface area contributed by atoms with Gasteiger partial charge in [0, 0.05) is 25.7 Å². The number of para-hydroxylation sites is 1. The average Bonchev–Trinajstić information content (AvgIpc) is 2.46. The zero-order valence-electron chi connectivity index (χ0n) is 11.9. The van der Waals surface area contributed by atoms with Crippen LogP contribution < -0.4 is 10.1 Å². The van der Waals surface area contributed by atoms with Crippen LogP contribution in [-0.2, 0) is 11.2 Å². The quantitative estimate of drug-likeness (QED) is 0.836. The van der Waals surface area contributed by atoms with Crippen LogP contribution in [0.3, 0.4) is 0 Å². The van der Waals surface area contributed by atoms with Crippen molar-refractivity contribution in [2.45, 2.75) is 12.5 Å². The van der Waals surface area contributed by atoms with Crippen molar-refractivity contribution in [3.63, 3.8) is 0 Å². The number of likely N-dealkylation sites (N-methyl/N-ethyl adjacent to an activating group) is 1. The Labute approximate surface area is 115 Å². The van der Waals surface area contributed by atoms with E-state index in [0.29, 0.717) is 6.04 Å². The summed E-state index contributed by atoms with van der Waals surface area (Å²) in [7, 11) is 3.89. The Kier molecular flexibility index (Phi) is 5.63. The molecule has 1 aromatic rings. The number of rotatable bonds is 6. The van der Waals surface area contributed by atoms with Gasteiger partial charge in [0.05, 0.1) is 20.3 Å². The first kappa shape index (κ1) is 14.3. The predicted octanol–water partition coefficient (Wildman–Crippen LogP) is 1.16. The SMILES string of the molecule is COc1ccccc1CCN(C)CC1COCCN1. The van der Waals surface area contributed by atoms with Crippen molar-refractivity contribution < 1.29 is 9.47 Å². The normalized spacial score (nSPS) is 19.6. The molecule has 1 aromatic carbocycles. The van der Waals surface area contributed by atoms with Gasteiger partial charge in [-0.15, -0.1) is 0 Å². The molecule has 1 fully saturated rings. The monoisotopic (exact) mass is 264 g/mol. The minimum atomic E-state index is 0.455. The maximum Gasteiger partial charge on any atom is 0.122 e. The van der Waals surface area contributed by atoms with Crippen molar-refractivity contribution in [1.82, 2.24) is 10.2 Å². The summed E-state index contributed by atoms with van der Waals surface area (Å²) in [5.74, 6) is 0.982. The number of morpholine rings is 1. The highest BCUT2D eigenvalue weighted by Crippen LogP contribution is 2.17. The van der Waals surface area contributed by atoms with E-state index in [2.05, 4.69) is 29.4 Å². The van der Waals surface area contributed by atoms with Gasteiger partial charge in [-0.25, -0.2) is 0 Å². The molecule has 4 nitrogen and oxygen atoms in total. The van der Waals surface area contributed by atoms with Gasteiger partial charge in [0.15, 0.2) is 0 Å². The molecule has 1 unspecified atom stereocenters. The van der Waals surface area contributed by atoms with E-state index in [1.54, 1.807) is 7.11 Å². The van der Waals surface area contributed by atoms with Crippen molar-refractivity contribution >= 4 is 0 Å². The molecule has 1 aliphatic rings. The molecule has 0 spiro atoms. The number of hydrogen-bond donors (Lipinski definition) is 1. The Balaban J connectivity index is 1.77.